The normalized spacial score (nSPS) is 31.1. The van der Waals surface area contributed by atoms with Crippen LogP contribution in [0.1, 0.15) is 88.7 Å². The lowest BCUT2D eigenvalue weighted by atomic mass is 9.68. The van der Waals surface area contributed by atoms with Crippen LogP contribution in [0, 0.1) is 30.6 Å². The highest BCUT2D eigenvalue weighted by Gasteiger charge is 2.30. The van der Waals surface area contributed by atoms with Gasteiger partial charge in [-0.05, 0) is 80.2 Å². The minimum atomic E-state index is 0.997. The van der Waals surface area contributed by atoms with Crippen LogP contribution < -0.4 is 0 Å². The van der Waals surface area contributed by atoms with Crippen LogP contribution >= 0.6 is 0 Å². The Morgan fingerprint density at radius 2 is 1.29 bits per heavy atom. The van der Waals surface area contributed by atoms with Crippen molar-refractivity contribution in [2.24, 2.45) is 23.7 Å². The van der Waals surface area contributed by atoms with Gasteiger partial charge < -0.3 is 0 Å². The van der Waals surface area contributed by atoms with Gasteiger partial charge in [-0.2, -0.15) is 0 Å². The van der Waals surface area contributed by atoms with E-state index in [1.807, 2.05) is 0 Å². The number of hydrogen-bond acceptors (Lipinski definition) is 0. The summed E-state index contributed by atoms with van der Waals surface area (Å²) in [6.07, 6.45) is 17.8. The number of hydrogen-bond donors (Lipinski definition) is 0. The van der Waals surface area contributed by atoms with Gasteiger partial charge in [0, 0.05) is 0 Å². The SMILES string of the molecule is CCC[C@H]1CC[C@H]([C@H]2CC[C@H](CCc3ccccc3C)CC2)CC1. The molecule has 0 amide bonds. The van der Waals surface area contributed by atoms with Crippen molar-refractivity contribution in [2.75, 3.05) is 0 Å². The van der Waals surface area contributed by atoms with E-state index in [9.17, 15) is 0 Å². The molecule has 0 spiro atoms. The monoisotopic (exact) mass is 326 g/mol. The Morgan fingerprint density at radius 3 is 1.83 bits per heavy atom. The molecule has 2 fully saturated rings. The Labute approximate surface area is 150 Å². The summed E-state index contributed by atoms with van der Waals surface area (Å²) in [6, 6.07) is 8.96. The first-order chi connectivity index (χ1) is 11.8. The van der Waals surface area contributed by atoms with Crippen molar-refractivity contribution >= 4 is 0 Å². The Bertz CT molecular complexity index is 473. The molecule has 134 valence electrons. The van der Waals surface area contributed by atoms with Crippen LogP contribution in [-0.2, 0) is 6.42 Å². The molecule has 0 heterocycles. The van der Waals surface area contributed by atoms with Crippen molar-refractivity contribution in [1.29, 1.82) is 0 Å². The highest BCUT2D eigenvalue weighted by molar-refractivity contribution is 5.25. The third-order valence-electron chi connectivity index (χ3n) is 7.23. The summed E-state index contributed by atoms with van der Waals surface area (Å²) < 4.78 is 0. The van der Waals surface area contributed by atoms with Gasteiger partial charge in [0.25, 0.3) is 0 Å². The van der Waals surface area contributed by atoms with E-state index in [1.165, 1.54) is 69.8 Å². The lowest BCUT2D eigenvalue weighted by Gasteiger charge is -2.38. The average Bonchev–Trinajstić information content (AvgIpc) is 2.63. The maximum Gasteiger partial charge on any atom is -0.0274 e. The van der Waals surface area contributed by atoms with Gasteiger partial charge in [-0.1, -0.05) is 69.7 Å². The van der Waals surface area contributed by atoms with E-state index in [-0.39, 0.29) is 0 Å². The molecule has 0 saturated heterocycles. The lowest BCUT2D eigenvalue weighted by molar-refractivity contribution is 0.141. The van der Waals surface area contributed by atoms with Crippen LogP contribution in [0.3, 0.4) is 0 Å². The fraction of sp³-hybridized carbons (Fsp3) is 0.750. The highest BCUT2D eigenvalue weighted by Crippen LogP contribution is 2.42. The van der Waals surface area contributed by atoms with Gasteiger partial charge in [0.1, 0.15) is 0 Å². The number of rotatable bonds is 6. The van der Waals surface area contributed by atoms with Crippen LogP contribution in [0.5, 0.6) is 0 Å². The van der Waals surface area contributed by atoms with Crippen molar-refractivity contribution in [3.05, 3.63) is 35.4 Å². The van der Waals surface area contributed by atoms with Crippen molar-refractivity contribution in [1.82, 2.24) is 0 Å². The smallest absolute Gasteiger partial charge is 0.0274 e. The zero-order valence-electron chi connectivity index (χ0n) is 16.1. The fourth-order valence-corrected chi connectivity index (χ4v) is 5.56. The average molecular weight is 327 g/mol. The molecule has 1 aromatic carbocycles. The molecule has 0 radical (unpaired) electrons. The van der Waals surface area contributed by atoms with Crippen molar-refractivity contribution < 1.29 is 0 Å². The maximum atomic E-state index is 2.35. The molecular formula is C24H38. The van der Waals surface area contributed by atoms with Crippen LogP contribution in [0.15, 0.2) is 24.3 Å². The van der Waals surface area contributed by atoms with Gasteiger partial charge in [0.15, 0.2) is 0 Å². The van der Waals surface area contributed by atoms with E-state index in [0.717, 1.165) is 23.7 Å². The minimum absolute atomic E-state index is 0.997. The van der Waals surface area contributed by atoms with E-state index < -0.39 is 0 Å². The van der Waals surface area contributed by atoms with Gasteiger partial charge in [0.05, 0.1) is 0 Å². The lowest BCUT2D eigenvalue weighted by Crippen LogP contribution is -2.26. The molecule has 0 heteroatoms. The predicted molar refractivity (Wildman–Crippen MR) is 105 cm³/mol. The van der Waals surface area contributed by atoms with Crippen molar-refractivity contribution in [2.45, 2.75) is 90.9 Å². The molecule has 2 saturated carbocycles. The fourth-order valence-electron chi connectivity index (χ4n) is 5.56. The summed E-state index contributed by atoms with van der Waals surface area (Å²) in [7, 11) is 0. The summed E-state index contributed by atoms with van der Waals surface area (Å²) in [6.45, 7) is 4.62. The molecule has 0 bridgehead atoms. The Kier molecular flexibility index (Phi) is 6.81. The molecular weight excluding hydrogens is 288 g/mol. The van der Waals surface area contributed by atoms with E-state index in [2.05, 4.69) is 38.1 Å². The molecule has 0 aromatic heterocycles. The molecule has 1 aromatic rings. The molecule has 3 rings (SSSR count). The Balaban J connectivity index is 1.38. The predicted octanol–water partition coefficient (Wildman–Crippen LogP) is 7.34. The largest absolute Gasteiger partial charge is 0.0654 e. The molecule has 0 unspecified atom stereocenters. The third kappa shape index (κ3) is 4.87. The first-order valence-electron chi connectivity index (χ1n) is 10.8. The third-order valence-corrected chi connectivity index (χ3v) is 7.23. The second-order valence-corrected chi connectivity index (χ2v) is 8.82. The summed E-state index contributed by atoms with van der Waals surface area (Å²) in [4.78, 5) is 0. The second-order valence-electron chi connectivity index (χ2n) is 8.82. The van der Waals surface area contributed by atoms with Gasteiger partial charge >= 0.3 is 0 Å². The molecule has 2 aliphatic rings. The maximum absolute atomic E-state index is 2.35. The van der Waals surface area contributed by atoms with Crippen LogP contribution in [0.2, 0.25) is 0 Å². The second kappa shape index (κ2) is 9.07. The summed E-state index contributed by atoms with van der Waals surface area (Å²) in [5.74, 6) is 4.21. The van der Waals surface area contributed by atoms with E-state index >= 15 is 0 Å². The van der Waals surface area contributed by atoms with Gasteiger partial charge in [-0.15, -0.1) is 0 Å². The highest BCUT2D eigenvalue weighted by atomic mass is 14.4. The van der Waals surface area contributed by atoms with Crippen LogP contribution in [0.25, 0.3) is 0 Å². The zero-order valence-corrected chi connectivity index (χ0v) is 16.1. The Morgan fingerprint density at radius 1 is 0.750 bits per heavy atom. The van der Waals surface area contributed by atoms with Gasteiger partial charge in [-0.25, -0.2) is 0 Å². The van der Waals surface area contributed by atoms with E-state index in [4.69, 9.17) is 0 Å². The Hall–Kier alpha value is -0.780. The molecule has 2 aliphatic carbocycles. The standard InChI is InChI=1S/C24H38/c1-3-6-20-10-15-23(16-11-20)24-17-12-21(13-18-24)9-14-22-8-5-4-7-19(22)2/h4-5,7-8,20-21,23-24H,3,6,9-18H2,1-2H3/t20-,21-,23-,24-. The first-order valence-corrected chi connectivity index (χ1v) is 10.8. The van der Waals surface area contributed by atoms with E-state index in [1.54, 1.807) is 18.4 Å². The molecule has 0 aliphatic heterocycles. The summed E-state index contributed by atoms with van der Waals surface area (Å²) in [5, 5.41) is 0. The number of benzene rings is 1. The zero-order chi connectivity index (χ0) is 16.8. The van der Waals surface area contributed by atoms with Crippen molar-refractivity contribution in [3.63, 3.8) is 0 Å². The van der Waals surface area contributed by atoms with Crippen molar-refractivity contribution in [3.8, 4) is 0 Å². The molecule has 0 N–H and O–H groups in total. The summed E-state index contributed by atoms with van der Waals surface area (Å²) >= 11 is 0. The van der Waals surface area contributed by atoms with E-state index in [0.29, 0.717) is 0 Å². The topological polar surface area (TPSA) is 0 Å². The van der Waals surface area contributed by atoms with Crippen LogP contribution in [-0.4, -0.2) is 0 Å². The molecule has 0 nitrogen and oxygen atoms in total. The molecule has 24 heavy (non-hydrogen) atoms. The number of aryl methyl sites for hydroxylation is 2. The quantitative estimate of drug-likeness (QED) is 0.513. The van der Waals surface area contributed by atoms with Crippen LogP contribution in [0.4, 0.5) is 0 Å². The first kappa shape index (κ1) is 18.0. The van der Waals surface area contributed by atoms with Gasteiger partial charge in [-0.3, -0.25) is 0 Å². The summed E-state index contributed by atoms with van der Waals surface area (Å²) in [5.41, 5.74) is 3.06. The van der Waals surface area contributed by atoms with Gasteiger partial charge in [0.2, 0.25) is 0 Å². The molecule has 0 atom stereocenters. The minimum Gasteiger partial charge on any atom is -0.0654 e.